The number of halogens is 3. The number of aromatic amines is 1. The van der Waals surface area contributed by atoms with Gasteiger partial charge in [-0.15, -0.1) is 0 Å². The molecule has 1 saturated heterocycles. The number of benzene rings is 1. The zero-order valence-corrected chi connectivity index (χ0v) is 21.2. The molecule has 2 N–H and O–H groups in total. The van der Waals surface area contributed by atoms with Gasteiger partial charge in [-0.25, -0.2) is 19.7 Å². The van der Waals surface area contributed by atoms with Crippen LogP contribution in [0.3, 0.4) is 0 Å². The molecule has 38 heavy (non-hydrogen) atoms. The topological polar surface area (TPSA) is 101 Å². The number of nitrogens with one attached hydrogen (secondary N) is 2. The maximum atomic E-state index is 14.0. The smallest absolute Gasteiger partial charge is 0.419 e. The van der Waals surface area contributed by atoms with Crippen LogP contribution in [0.5, 0.6) is 0 Å². The molecular weight excluding hydrogens is 499 g/mol. The van der Waals surface area contributed by atoms with Gasteiger partial charge in [0, 0.05) is 66.1 Å². The number of H-pyrrole nitrogens is 1. The zero-order valence-electron chi connectivity index (χ0n) is 21.2. The summed E-state index contributed by atoms with van der Waals surface area (Å²) in [6, 6.07) is 5.16. The van der Waals surface area contributed by atoms with E-state index in [4.69, 9.17) is 4.74 Å². The van der Waals surface area contributed by atoms with Crippen molar-refractivity contribution in [3.8, 4) is 16.9 Å². The second-order valence-corrected chi connectivity index (χ2v) is 10.3. The first-order valence-corrected chi connectivity index (χ1v) is 12.3. The molecule has 1 aliphatic heterocycles. The minimum Gasteiger partial charge on any atom is -0.444 e. The number of ether oxygens (including phenoxy) is 1. The van der Waals surface area contributed by atoms with E-state index in [1.165, 1.54) is 6.20 Å². The first kappa shape index (κ1) is 25.6. The van der Waals surface area contributed by atoms with Gasteiger partial charge in [-0.2, -0.15) is 13.2 Å². The molecule has 4 heterocycles. The van der Waals surface area contributed by atoms with Gasteiger partial charge >= 0.3 is 12.3 Å². The van der Waals surface area contributed by atoms with Gasteiger partial charge in [0.15, 0.2) is 0 Å². The van der Waals surface area contributed by atoms with Gasteiger partial charge in [0.05, 0.1) is 12.0 Å². The van der Waals surface area contributed by atoms with Crippen molar-refractivity contribution in [1.29, 1.82) is 0 Å². The molecular formula is C26H28F3N7O2. The number of nitrogens with zero attached hydrogens (tertiary/aromatic N) is 5. The van der Waals surface area contributed by atoms with Crippen LogP contribution in [0.1, 0.15) is 39.2 Å². The Bertz CT molecular complexity index is 1440. The van der Waals surface area contributed by atoms with Crippen molar-refractivity contribution in [1.82, 2.24) is 29.4 Å². The van der Waals surface area contributed by atoms with Crippen LogP contribution >= 0.6 is 0 Å². The fourth-order valence-corrected chi connectivity index (χ4v) is 4.52. The van der Waals surface area contributed by atoms with Crippen molar-refractivity contribution in [2.24, 2.45) is 0 Å². The van der Waals surface area contributed by atoms with Gasteiger partial charge in [0.2, 0.25) is 5.95 Å². The van der Waals surface area contributed by atoms with Crippen molar-refractivity contribution in [3.63, 3.8) is 0 Å². The van der Waals surface area contributed by atoms with E-state index in [1.807, 2.05) is 12.1 Å². The number of hydrogen-bond acceptors (Lipinski definition) is 6. The lowest BCUT2D eigenvalue weighted by Crippen LogP contribution is -2.47. The van der Waals surface area contributed by atoms with E-state index in [1.54, 1.807) is 55.0 Å². The minimum atomic E-state index is -4.65. The number of piperidine rings is 1. The molecule has 1 fully saturated rings. The summed E-state index contributed by atoms with van der Waals surface area (Å²) < 4.78 is 49.2. The molecule has 0 aliphatic carbocycles. The third-order valence-corrected chi connectivity index (χ3v) is 6.22. The van der Waals surface area contributed by atoms with Crippen LogP contribution in [0, 0.1) is 0 Å². The second-order valence-electron chi connectivity index (χ2n) is 10.3. The highest BCUT2D eigenvalue weighted by Gasteiger charge is 2.36. The number of fused-ring (bicyclic) bond motifs is 1. The zero-order chi connectivity index (χ0) is 27.1. The largest absolute Gasteiger partial charge is 0.444 e. The van der Waals surface area contributed by atoms with Gasteiger partial charge in [-0.05, 0) is 45.7 Å². The molecule has 0 bridgehead atoms. The van der Waals surface area contributed by atoms with Crippen molar-refractivity contribution in [3.05, 3.63) is 54.9 Å². The van der Waals surface area contributed by atoms with E-state index in [-0.39, 0.29) is 17.7 Å². The minimum absolute atomic E-state index is 0.0634. The molecule has 4 aromatic rings. The summed E-state index contributed by atoms with van der Waals surface area (Å²) in [6.45, 7) is 6.27. The van der Waals surface area contributed by atoms with Crippen LogP contribution in [0.4, 0.5) is 23.9 Å². The highest BCUT2D eigenvalue weighted by atomic mass is 19.4. The molecule has 0 saturated carbocycles. The first-order valence-electron chi connectivity index (χ1n) is 12.3. The lowest BCUT2D eigenvalue weighted by atomic mass is 10.0. The molecule has 1 amide bonds. The van der Waals surface area contributed by atoms with Crippen LogP contribution in [0.15, 0.2) is 49.3 Å². The molecule has 0 spiro atoms. The predicted octanol–water partition coefficient (Wildman–Crippen LogP) is 5.64. The summed E-state index contributed by atoms with van der Waals surface area (Å²) >= 11 is 0. The number of imidazole rings is 1. The lowest BCUT2D eigenvalue weighted by Gasteiger charge is -2.34. The van der Waals surface area contributed by atoms with E-state index < -0.39 is 23.4 Å². The molecule has 0 radical (unpaired) electrons. The second kappa shape index (κ2) is 9.66. The van der Waals surface area contributed by atoms with E-state index in [2.05, 4.69) is 25.3 Å². The number of carbonyl (C=O) groups is 1. The average Bonchev–Trinajstić information content (AvgIpc) is 3.52. The predicted molar refractivity (Wildman–Crippen MR) is 136 cm³/mol. The molecule has 1 aromatic carbocycles. The monoisotopic (exact) mass is 527 g/mol. The van der Waals surface area contributed by atoms with Crippen molar-refractivity contribution in [2.75, 3.05) is 18.4 Å². The first-order chi connectivity index (χ1) is 18.0. The third kappa shape index (κ3) is 5.43. The third-order valence-electron chi connectivity index (χ3n) is 6.22. The SMILES string of the molecule is CC(C)(C)OC(=O)N1CCC[C@H](Nc2ncc(C(F)(F)F)c(-c3c[nH]c4cc(-n5ccnc5)ccc34)n2)C1. The number of alkyl halides is 3. The Morgan fingerprint density at radius 1 is 1.24 bits per heavy atom. The fourth-order valence-electron chi connectivity index (χ4n) is 4.52. The Morgan fingerprint density at radius 2 is 2.05 bits per heavy atom. The van der Waals surface area contributed by atoms with Crippen molar-refractivity contribution < 1.29 is 22.7 Å². The molecule has 1 aliphatic rings. The Hall–Kier alpha value is -4.09. The standard InChI is InChI=1S/C26H28F3N7O2/c1-25(2,3)38-24(37)35-9-4-5-16(14-35)33-23-32-13-20(26(27,28)29)22(34-23)19-12-31-21-11-17(6-7-18(19)21)36-10-8-30-15-36/h6-8,10-13,15-16,31H,4-5,9,14H2,1-3H3,(H,32,33,34)/t16-/m0/s1. The molecule has 12 heteroatoms. The summed E-state index contributed by atoms with van der Waals surface area (Å²) in [5.74, 6) is 0.0634. The Kier molecular flexibility index (Phi) is 6.49. The van der Waals surface area contributed by atoms with E-state index in [9.17, 15) is 18.0 Å². The van der Waals surface area contributed by atoms with Crippen LogP contribution in [-0.4, -0.2) is 60.2 Å². The number of rotatable bonds is 4. The average molecular weight is 528 g/mol. The number of hydrogen-bond donors (Lipinski definition) is 2. The number of likely N-dealkylation sites (tertiary alicyclic amines) is 1. The van der Waals surface area contributed by atoms with Crippen LogP contribution in [0.25, 0.3) is 27.8 Å². The molecule has 200 valence electrons. The summed E-state index contributed by atoms with van der Waals surface area (Å²) in [4.78, 5) is 29.5. The van der Waals surface area contributed by atoms with Crippen LogP contribution < -0.4 is 5.32 Å². The van der Waals surface area contributed by atoms with Gasteiger partial charge in [-0.1, -0.05) is 6.07 Å². The number of anilines is 1. The van der Waals surface area contributed by atoms with E-state index >= 15 is 0 Å². The summed E-state index contributed by atoms with van der Waals surface area (Å²) in [7, 11) is 0. The number of carbonyl (C=O) groups excluding carboxylic acids is 1. The number of aromatic nitrogens is 5. The van der Waals surface area contributed by atoms with Gasteiger partial charge in [-0.3, -0.25) is 0 Å². The lowest BCUT2D eigenvalue weighted by molar-refractivity contribution is -0.137. The molecule has 5 rings (SSSR count). The molecule has 1 atom stereocenters. The molecule has 3 aromatic heterocycles. The molecule has 0 unspecified atom stereocenters. The summed E-state index contributed by atoms with van der Waals surface area (Å²) in [6.07, 6.45) is 3.75. The normalized spacial score (nSPS) is 16.6. The quantitative estimate of drug-likeness (QED) is 0.356. The van der Waals surface area contributed by atoms with Crippen LogP contribution in [-0.2, 0) is 10.9 Å². The van der Waals surface area contributed by atoms with Gasteiger partial charge in [0.1, 0.15) is 11.2 Å². The Labute approximate surface area is 217 Å². The van der Waals surface area contributed by atoms with Gasteiger partial charge in [0.25, 0.3) is 0 Å². The van der Waals surface area contributed by atoms with E-state index in [0.717, 1.165) is 11.9 Å². The van der Waals surface area contributed by atoms with Crippen molar-refractivity contribution >= 4 is 22.9 Å². The van der Waals surface area contributed by atoms with Crippen LogP contribution in [0.2, 0.25) is 0 Å². The Balaban J connectivity index is 1.44. The fraction of sp³-hybridized carbons (Fsp3) is 0.385. The maximum absolute atomic E-state index is 14.0. The number of amides is 1. The van der Waals surface area contributed by atoms with E-state index in [0.29, 0.717) is 42.4 Å². The summed E-state index contributed by atoms with van der Waals surface area (Å²) in [5.41, 5.74) is 0.0121. The molecule has 9 nitrogen and oxygen atoms in total. The van der Waals surface area contributed by atoms with Gasteiger partial charge < -0.3 is 24.5 Å². The maximum Gasteiger partial charge on any atom is 0.419 e. The highest BCUT2D eigenvalue weighted by molar-refractivity contribution is 5.96. The van der Waals surface area contributed by atoms with Crippen molar-refractivity contribution in [2.45, 2.75) is 51.4 Å². The highest BCUT2D eigenvalue weighted by Crippen LogP contribution is 2.39. The summed E-state index contributed by atoms with van der Waals surface area (Å²) in [5, 5.41) is 3.72. The Morgan fingerprint density at radius 3 is 2.76 bits per heavy atom.